The van der Waals surface area contributed by atoms with Crippen molar-refractivity contribution in [3.8, 4) is 5.75 Å². The molecule has 0 saturated heterocycles. The Bertz CT molecular complexity index is 470. The Hall–Kier alpha value is -2.12. The Balaban J connectivity index is 2.28. The molecule has 24 heavy (non-hydrogen) atoms. The molecule has 0 aliphatic rings. The molecule has 2 amide bonds. The third kappa shape index (κ3) is 8.50. The summed E-state index contributed by atoms with van der Waals surface area (Å²) in [7, 11) is 0. The molecule has 134 valence electrons. The normalized spacial score (nSPS) is 11.6. The Morgan fingerprint density at radius 3 is 2.75 bits per heavy atom. The van der Waals surface area contributed by atoms with Crippen LogP contribution in [0.15, 0.2) is 30.3 Å². The summed E-state index contributed by atoms with van der Waals surface area (Å²) in [5, 5.41) is 9.82. The van der Waals surface area contributed by atoms with Crippen LogP contribution in [0.25, 0.3) is 0 Å². The number of carbonyl (C=O) groups is 2. The van der Waals surface area contributed by atoms with Crippen LogP contribution in [0.2, 0.25) is 0 Å². The second-order valence-electron chi connectivity index (χ2n) is 5.50. The van der Waals surface area contributed by atoms with Crippen LogP contribution in [0.3, 0.4) is 0 Å². The van der Waals surface area contributed by atoms with Crippen molar-refractivity contribution in [2.75, 3.05) is 19.7 Å². The average Bonchev–Trinajstić information content (AvgIpc) is 2.61. The van der Waals surface area contributed by atoms with E-state index in [9.17, 15) is 14.8 Å². The second-order valence-corrected chi connectivity index (χ2v) is 5.50. The predicted octanol–water partition coefficient (Wildman–Crippen LogP) is 1.73. The van der Waals surface area contributed by atoms with Crippen molar-refractivity contribution in [3.05, 3.63) is 30.3 Å². The minimum absolute atomic E-state index is 0.0127. The Morgan fingerprint density at radius 2 is 2.08 bits per heavy atom. The van der Waals surface area contributed by atoms with Gasteiger partial charge in [-0.25, -0.2) is 10.5 Å². The molecule has 0 heterocycles. The quantitative estimate of drug-likeness (QED) is 0.221. The van der Waals surface area contributed by atoms with E-state index in [1.165, 1.54) is 0 Å². The van der Waals surface area contributed by atoms with Gasteiger partial charge < -0.3 is 4.74 Å². The highest BCUT2D eigenvalue weighted by Gasteiger charge is 2.20. The van der Waals surface area contributed by atoms with Crippen molar-refractivity contribution < 1.29 is 19.5 Å². The van der Waals surface area contributed by atoms with Gasteiger partial charge in [0.15, 0.2) is 0 Å². The predicted molar refractivity (Wildman–Crippen MR) is 90.3 cm³/mol. The van der Waals surface area contributed by atoms with Crippen molar-refractivity contribution in [1.29, 1.82) is 0 Å². The van der Waals surface area contributed by atoms with Crippen molar-refractivity contribution in [1.82, 2.24) is 15.9 Å². The molecular formula is C17H27N3O4. The van der Waals surface area contributed by atoms with Gasteiger partial charge in [-0.1, -0.05) is 44.4 Å². The number of nitrogens with one attached hydrogen (secondary N) is 2. The number of amides is 2. The van der Waals surface area contributed by atoms with Gasteiger partial charge in [-0.3, -0.25) is 20.2 Å². The van der Waals surface area contributed by atoms with Crippen molar-refractivity contribution in [2.45, 2.75) is 32.6 Å². The first kappa shape index (κ1) is 19.9. The molecule has 0 unspecified atom stereocenters. The Labute approximate surface area is 142 Å². The highest BCUT2D eigenvalue weighted by molar-refractivity contribution is 5.78. The number of rotatable bonds is 13. The van der Waals surface area contributed by atoms with Gasteiger partial charge in [0.25, 0.3) is 0 Å². The van der Waals surface area contributed by atoms with Gasteiger partial charge in [-0.15, -0.1) is 0 Å². The van der Waals surface area contributed by atoms with Crippen LogP contribution in [0.1, 0.15) is 32.6 Å². The van der Waals surface area contributed by atoms with Gasteiger partial charge in [-0.2, -0.15) is 0 Å². The largest absolute Gasteiger partial charge is 0.492 e. The lowest BCUT2D eigenvalue weighted by Crippen LogP contribution is -2.45. The van der Waals surface area contributed by atoms with Gasteiger partial charge in [-0.05, 0) is 18.6 Å². The number of hydrogen-bond acceptors (Lipinski definition) is 5. The molecule has 1 rings (SSSR count). The number of benzene rings is 1. The molecule has 0 bridgehead atoms. The Kier molecular flexibility index (Phi) is 10.2. The van der Waals surface area contributed by atoms with E-state index >= 15 is 0 Å². The highest BCUT2D eigenvalue weighted by atomic mass is 16.5. The zero-order valence-electron chi connectivity index (χ0n) is 14.1. The van der Waals surface area contributed by atoms with Crippen molar-refractivity contribution >= 4 is 12.3 Å². The lowest BCUT2D eigenvalue weighted by Gasteiger charge is -2.19. The van der Waals surface area contributed by atoms with Gasteiger partial charge in [0.2, 0.25) is 12.3 Å². The first-order valence-electron chi connectivity index (χ1n) is 8.28. The molecule has 0 aromatic heterocycles. The monoisotopic (exact) mass is 337 g/mol. The number of para-hydroxylation sites is 1. The minimum Gasteiger partial charge on any atom is -0.492 e. The smallest absolute Gasteiger partial charge is 0.239 e. The first-order valence-corrected chi connectivity index (χ1v) is 8.28. The SMILES string of the molecule is CCCCC[C@H](CN(O)C=O)C(=O)NNCCOc1ccccc1. The topological polar surface area (TPSA) is 90.9 Å². The van der Waals surface area contributed by atoms with E-state index in [2.05, 4.69) is 17.8 Å². The van der Waals surface area contributed by atoms with E-state index in [0.29, 0.717) is 31.0 Å². The second kappa shape index (κ2) is 12.3. The lowest BCUT2D eigenvalue weighted by molar-refractivity contribution is -0.154. The summed E-state index contributed by atoms with van der Waals surface area (Å²) in [5.74, 6) is 0.0750. The van der Waals surface area contributed by atoms with E-state index in [0.717, 1.165) is 25.0 Å². The molecule has 7 nitrogen and oxygen atoms in total. The maximum absolute atomic E-state index is 12.2. The van der Waals surface area contributed by atoms with Crippen LogP contribution in [0, 0.1) is 5.92 Å². The number of unbranched alkanes of at least 4 members (excludes halogenated alkanes) is 2. The summed E-state index contributed by atoms with van der Waals surface area (Å²) in [6.45, 7) is 2.92. The van der Waals surface area contributed by atoms with Crippen LogP contribution in [0.4, 0.5) is 0 Å². The van der Waals surface area contributed by atoms with Crippen LogP contribution >= 0.6 is 0 Å². The van der Waals surface area contributed by atoms with Crippen LogP contribution in [0.5, 0.6) is 5.75 Å². The molecule has 1 atom stereocenters. The summed E-state index contributed by atoms with van der Waals surface area (Å²) < 4.78 is 5.50. The number of hydrazine groups is 1. The van der Waals surface area contributed by atoms with Crippen LogP contribution < -0.4 is 15.6 Å². The number of nitrogens with zero attached hydrogens (tertiary/aromatic N) is 1. The first-order chi connectivity index (χ1) is 11.7. The molecule has 1 aromatic rings. The number of hydrogen-bond donors (Lipinski definition) is 3. The van der Waals surface area contributed by atoms with Gasteiger partial charge in [0.1, 0.15) is 12.4 Å². The maximum atomic E-state index is 12.2. The van der Waals surface area contributed by atoms with E-state index < -0.39 is 5.92 Å². The molecule has 0 aliphatic carbocycles. The number of hydroxylamine groups is 2. The molecule has 0 saturated carbocycles. The van der Waals surface area contributed by atoms with E-state index in [1.807, 2.05) is 30.3 Å². The molecular weight excluding hydrogens is 310 g/mol. The summed E-state index contributed by atoms with van der Waals surface area (Å²) in [6.07, 6.45) is 3.85. The summed E-state index contributed by atoms with van der Waals surface area (Å²) >= 11 is 0. The van der Waals surface area contributed by atoms with E-state index in [4.69, 9.17) is 4.74 Å². The molecule has 3 N–H and O–H groups in total. The molecule has 0 fully saturated rings. The maximum Gasteiger partial charge on any atom is 0.239 e. The molecule has 0 radical (unpaired) electrons. The van der Waals surface area contributed by atoms with Crippen molar-refractivity contribution in [3.63, 3.8) is 0 Å². The zero-order chi connectivity index (χ0) is 17.6. The molecule has 1 aromatic carbocycles. The minimum atomic E-state index is -0.450. The van der Waals surface area contributed by atoms with Gasteiger partial charge >= 0.3 is 0 Å². The fourth-order valence-corrected chi connectivity index (χ4v) is 2.20. The van der Waals surface area contributed by atoms with Crippen LogP contribution in [-0.4, -0.2) is 42.3 Å². The van der Waals surface area contributed by atoms with E-state index in [1.54, 1.807) is 0 Å². The van der Waals surface area contributed by atoms with E-state index in [-0.39, 0.29) is 12.5 Å². The fourth-order valence-electron chi connectivity index (χ4n) is 2.20. The number of ether oxygens (including phenoxy) is 1. The van der Waals surface area contributed by atoms with Crippen molar-refractivity contribution in [2.24, 2.45) is 5.92 Å². The molecule has 7 heteroatoms. The lowest BCUT2D eigenvalue weighted by atomic mass is 10.0. The third-order valence-corrected chi connectivity index (χ3v) is 3.51. The van der Waals surface area contributed by atoms with Gasteiger partial charge in [0, 0.05) is 6.54 Å². The summed E-state index contributed by atoms with van der Waals surface area (Å²) in [6, 6.07) is 9.40. The third-order valence-electron chi connectivity index (χ3n) is 3.51. The average molecular weight is 337 g/mol. The van der Waals surface area contributed by atoms with Gasteiger partial charge in [0.05, 0.1) is 12.5 Å². The zero-order valence-corrected chi connectivity index (χ0v) is 14.1. The number of carbonyl (C=O) groups excluding carboxylic acids is 2. The highest BCUT2D eigenvalue weighted by Crippen LogP contribution is 2.11. The molecule has 0 aliphatic heterocycles. The standard InChI is InChI=1S/C17H27N3O4/c1-2-3-5-8-15(13-20(23)14-21)17(22)19-18-11-12-24-16-9-6-4-7-10-16/h4,6-7,9-10,14-15,18,23H,2-3,5,8,11-13H2,1H3,(H,19,22)/t15-/m1/s1. The van der Waals surface area contributed by atoms with Crippen LogP contribution in [-0.2, 0) is 9.59 Å². The summed E-state index contributed by atoms with van der Waals surface area (Å²) in [5.41, 5.74) is 5.41. The Morgan fingerprint density at radius 1 is 1.33 bits per heavy atom. The molecule has 0 spiro atoms. The fraction of sp³-hybridized carbons (Fsp3) is 0.529. The summed E-state index contributed by atoms with van der Waals surface area (Å²) in [4.78, 5) is 22.7.